The highest BCUT2D eigenvalue weighted by molar-refractivity contribution is 5.94. The van der Waals surface area contributed by atoms with Crippen molar-refractivity contribution < 1.29 is 14.3 Å². The van der Waals surface area contributed by atoms with Crippen LogP contribution >= 0.6 is 0 Å². The highest BCUT2D eigenvalue weighted by Crippen LogP contribution is 2.29. The van der Waals surface area contributed by atoms with Crippen LogP contribution in [0.1, 0.15) is 21.5 Å². The van der Waals surface area contributed by atoms with E-state index in [1.807, 2.05) is 49.4 Å². The van der Waals surface area contributed by atoms with E-state index < -0.39 is 0 Å². The van der Waals surface area contributed by atoms with Gasteiger partial charge in [0.2, 0.25) is 0 Å². The Kier molecular flexibility index (Phi) is 6.47. The van der Waals surface area contributed by atoms with Crippen molar-refractivity contribution in [2.45, 2.75) is 13.5 Å². The summed E-state index contributed by atoms with van der Waals surface area (Å²) < 4.78 is 5.92. The van der Waals surface area contributed by atoms with Crippen LogP contribution in [0.2, 0.25) is 0 Å². The highest BCUT2D eigenvalue weighted by Gasteiger charge is 2.09. The first-order valence-electron chi connectivity index (χ1n) is 9.24. The fourth-order valence-electron chi connectivity index (χ4n) is 2.78. The molecule has 0 aliphatic carbocycles. The van der Waals surface area contributed by atoms with Gasteiger partial charge in [0.05, 0.1) is 5.69 Å². The number of hydrogen-bond acceptors (Lipinski definition) is 3. The first-order chi connectivity index (χ1) is 14.0. The summed E-state index contributed by atoms with van der Waals surface area (Å²) in [6.45, 7) is 2.28. The molecule has 3 amide bonds. The summed E-state index contributed by atoms with van der Waals surface area (Å²) in [5.74, 6) is 1.08. The Morgan fingerprint density at radius 3 is 2.52 bits per heavy atom. The molecule has 0 saturated heterocycles. The SMILES string of the molecule is CNC(=O)c1cccc(CNC(=O)Nc2ccccc2Oc2cccc(C)c2)c1. The Morgan fingerprint density at radius 2 is 1.72 bits per heavy atom. The fourth-order valence-corrected chi connectivity index (χ4v) is 2.78. The lowest BCUT2D eigenvalue weighted by atomic mass is 10.1. The summed E-state index contributed by atoms with van der Waals surface area (Å²) >= 11 is 0. The Labute approximate surface area is 169 Å². The Balaban J connectivity index is 1.63. The lowest BCUT2D eigenvalue weighted by Gasteiger charge is -2.13. The molecule has 29 heavy (non-hydrogen) atoms. The smallest absolute Gasteiger partial charge is 0.319 e. The Bertz CT molecular complexity index is 1020. The highest BCUT2D eigenvalue weighted by atomic mass is 16.5. The summed E-state index contributed by atoms with van der Waals surface area (Å²) in [4.78, 5) is 24.1. The molecule has 0 aromatic heterocycles. The van der Waals surface area contributed by atoms with Crippen LogP contribution in [-0.2, 0) is 6.54 Å². The lowest BCUT2D eigenvalue weighted by Crippen LogP contribution is -2.28. The monoisotopic (exact) mass is 389 g/mol. The predicted octanol–water partition coefficient (Wildman–Crippen LogP) is 4.47. The summed E-state index contributed by atoms with van der Waals surface area (Å²) in [6, 6.07) is 21.7. The number of anilines is 1. The van der Waals surface area contributed by atoms with Gasteiger partial charge in [-0.2, -0.15) is 0 Å². The molecule has 0 atom stereocenters. The number of hydrogen-bond donors (Lipinski definition) is 3. The third-order valence-corrected chi connectivity index (χ3v) is 4.22. The number of carbonyl (C=O) groups excluding carboxylic acids is 2. The maximum atomic E-state index is 12.4. The molecule has 6 nitrogen and oxygen atoms in total. The molecule has 0 heterocycles. The molecule has 0 spiro atoms. The third-order valence-electron chi connectivity index (χ3n) is 4.22. The number of rotatable bonds is 6. The van der Waals surface area contributed by atoms with Crippen molar-refractivity contribution in [2.24, 2.45) is 0 Å². The van der Waals surface area contributed by atoms with Crippen molar-refractivity contribution in [2.75, 3.05) is 12.4 Å². The molecule has 0 saturated carbocycles. The van der Waals surface area contributed by atoms with Gasteiger partial charge in [0.1, 0.15) is 5.75 Å². The van der Waals surface area contributed by atoms with Crippen molar-refractivity contribution in [3.63, 3.8) is 0 Å². The lowest BCUT2D eigenvalue weighted by molar-refractivity contribution is 0.0963. The molecule has 0 radical (unpaired) electrons. The summed E-state index contributed by atoms with van der Waals surface area (Å²) in [7, 11) is 1.58. The molecule has 0 bridgehead atoms. The number of aryl methyl sites for hydroxylation is 1. The van der Waals surface area contributed by atoms with E-state index in [9.17, 15) is 9.59 Å². The van der Waals surface area contributed by atoms with Gasteiger partial charge in [-0.1, -0.05) is 36.4 Å². The Hall–Kier alpha value is -3.80. The minimum Gasteiger partial charge on any atom is -0.455 e. The zero-order chi connectivity index (χ0) is 20.6. The van der Waals surface area contributed by atoms with E-state index in [0.717, 1.165) is 11.1 Å². The van der Waals surface area contributed by atoms with E-state index in [2.05, 4.69) is 16.0 Å². The van der Waals surface area contributed by atoms with E-state index in [0.29, 0.717) is 22.7 Å². The fraction of sp³-hybridized carbons (Fsp3) is 0.130. The Morgan fingerprint density at radius 1 is 0.931 bits per heavy atom. The van der Waals surface area contributed by atoms with E-state index >= 15 is 0 Å². The molecular formula is C23H23N3O3. The van der Waals surface area contributed by atoms with Gasteiger partial charge in [-0.15, -0.1) is 0 Å². The molecule has 0 aliphatic heterocycles. The van der Waals surface area contributed by atoms with Crippen LogP contribution in [0.3, 0.4) is 0 Å². The molecule has 0 fully saturated rings. The van der Waals surface area contributed by atoms with Gasteiger partial charge in [0.25, 0.3) is 5.91 Å². The van der Waals surface area contributed by atoms with Crippen molar-refractivity contribution >= 4 is 17.6 Å². The first kappa shape index (κ1) is 19.9. The second kappa shape index (κ2) is 9.41. The summed E-state index contributed by atoms with van der Waals surface area (Å²) in [5.41, 5.74) is 3.02. The molecule has 3 aromatic rings. The van der Waals surface area contributed by atoms with Crippen molar-refractivity contribution in [3.8, 4) is 11.5 Å². The van der Waals surface area contributed by atoms with Crippen LogP contribution < -0.4 is 20.7 Å². The van der Waals surface area contributed by atoms with Crippen LogP contribution in [0.25, 0.3) is 0 Å². The summed E-state index contributed by atoms with van der Waals surface area (Å²) in [5, 5.41) is 8.19. The van der Waals surface area contributed by atoms with E-state index in [1.165, 1.54) is 0 Å². The van der Waals surface area contributed by atoms with E-state index in [1.54, 1.807) is 37.4 Å². The van der Waals surface area contributed by atoms with Gasteiger partial charge >= 0.3 is 6.03 Å². The zero-order valence-corrected chi connectivity index (χ0v) is 16.4. The number of nitrogens with one attached hydrogen (secondary N) is 3. The van der Waals surface area contributed by atoms with Crippen LogP contribution in [-0.4, -0.2) is 19.0 Å². The van der Waals surface area contributed by atoms with Gasteiger partial charge in [-0.05, 0) is 54.4 Å². The van der Waals surface area contributed by atoms with Crippen LogP contribution in [0, 0.1) is 6.92 Å². The van der Waals surface area contributed by atoms with Crippen LogP contribution in [0.15, 0.2) is 72.8 Å². The normalized spacial score (nSPS) is 10.1. The van der Waals surface area contributed by atoms with Gasteiger partial charge in [-0.25, -0.2) is 4.79 Å². The molecule has 3 N–H and O–H groups in total. The number of para-hydroxylation sites is 2. The van der Waals surface area contributed by atoms with Gasteiger partial charge in [0.15, 0.2) is 5.75 Å². The van der Waals surface area contributed by atoms with E-state index in [4.69, 9.17) is 4.74 Å². The maximum absolute atomic E-state index is 12.4. The molecule has 0 aliphatic rings. The molecule has 3 rings (SSSR count). The van der Waals surface area contributed by atoms with Crippen LogP contribution in [0.4, 0.5) is 10.5 Å². The predicted molar refractivity (Wildman–Crippen MR) is 113 cm³/mol. The number of benzene rings is 3. The molecule has 0 unspecified atom stereocenters. The van der Waals surface area contributed by atoms with Gasteiger partial charge in [-0.3, -0.25) is 4.79 Å². The minimum absolute atomic E-state index is 0.168. The number of carbonyl (C=O) groups is 2. The molecule has 3 aromatic carbocycles. The number of ether oxygens (including phenoxy) is 1. The van der Waals surface area contributed by atoms with E-state index in [-0.39, 0.29) is 18.5 Å². The average Bonchev–Trinajstić information content (AvgIpc) is 2.73. The summed E-state index contributed by atoms with van der Waals surface area (Å²) in [6.07, 6.45) is 0. The zero-order valence-electron chi connectivity index (χ0n) is 16.4. The molecule has 6 heteroatoms. The minimum atomic E-state index is -0.365. The standard InChI is InChI=1S/C23H23N3O3/c1-16-7-5-10-19(13-16)29-21-12-4-3-11-20(21)26-23(28)25-15-17-8-6-9-18(14-17)22(27)24-2/h3-14H,15H2,1-2H3,(H,24,27)(H2,25,26,28). The van der Waals surface area contributed by atoms with Crippen LogP contribution in [0.5, 0.6) is 11.5 Å². The largest absolute Gasteiger partial charge is 0.455 e. The average molecular weight is 389 g/mol. The van der Waals surface area contributed by atoms with Gasteiger partial charge in [0, 0.05) is 19.2 Å². The van der Waals surface area contributed by atoms with Crippen molar-refractivity contribution in [3.05, 3.63) is 89.5 Å². The second-order valence-electron chi connectivity index (χ2n) is 6.50. The van der Waals surface area contributed by atoms with Gasteiger partial charge < -0.3 is 20.7 Å². The maximum Gasteiger partial charge on any atom is 0.319 e. The number of amides is 3. The topological polar surface area (TPSA) is 79.5 Å². The molecule has 148 valence electrons. The van der Waals surface area contributed by atoms with Crippen molar-refractivity contribution in [1.82, 2.24) is 10.6 Å². The third kappa shape index (κ3) is 5.59. The molecular weight excluding hydrogens is 366 g/mol. The first-order valence-corrected chi connectivity index (χ1v) is 9.24. The quantitative estimate of drug-likeness (QED) is 0.582. The van der Waals surface area contributed by atoms with Crippen molar-refractivity contribution in [1.29, 1.82) is 0 Å². The second-order valence-corrected chi connectivity index (χ2v) is 6.50. The number of urea groups is 1.